The Hall–Kier alpha value is -3.63. The molecule has 3 aromatic heterocycles. The molecular formula is C21H22ClN7O3. The highest BCUT2D eigenvalue weighted by Crippen LogP contribution is 2.33. The number of amides is 1. The minimum atomic E-state index is -0.402. The second-order valence-corrected chi connectivity index (χ2v) is 7.58. The molecule has 0 spiro atoms. The Bertz CT molecular complexity index is 1290. The number of nitrogens with one attached hydrogen (secondary N) is 1. The van der Waals surface area contributed by atoms with Gasteiger partial charge in [0.05, 0.1) is 23.0 Å². The van der Waals surface area contributed by atoms with Crippen LogP contribution in [0.15, 0.2) is 47.3 Å². The molecule has 5 rings (SSSR count). The first kappa shape index (κ1) is 21.6. The molecular weight excluding hydrogens is 434 g/mol. The van der Waals surface area contributed by atoms with Crippen LogP contribution in [0.3, 0.4) is 0 Å². The molecule has 1 aliphatic heterocycles. The molecule has 1 fully saturated rings. The lowest BCUT2D eigenvalue weighted by atomic mass is 10.2. The Balaban J connectivity index is 0.00000245. The van der Waals surface area contributed by atoms with E-state index in [4.69, 9.17) is 10.2 Å². The molecule has 1 saturated heterocycles. The van der Waals surface area contributed by atoms with E-state index in [-0.39, 0.29) is 24.0 Å². The van der Waals surface area contributed by atoms with Crippen LogP contribution >= 0.6 is 12.4 Å². The van der Waals surface area contributed by atoms with Gasteiger partial charge in [-0.15, -0.1) is 12.4 Å². The number of halogens is 1. The van der Waals surface area contributed by atoms with Gasteiger partial charge in [0, 0.05) is 43.5 Å². The van der Waals surface area contributed by atoms with Crippen LogP contribution in [0.4, 0.5) is 17.2 Å². The molecule has 0 radical (unpaired) electrons. The first-order chi connectivity index (χ1) is 15.0. The summed E-state index contributed by atoms with van der Waals surface area (Å²) in [4.78, 5) is 23.2. The van der Waals surface area contributed by atoms with E-state index >= 15 is 0 Å². The van der Waals surface area contributed by atoms with Gasteiger partial charge in [0.15, 0.2) is 5.69 Å². The predicted octanol–water partition coefficient (Wildman–Crippen LogP) is 2.45. The Morgan fingerprint density at radius 1 is 1.34 bits per heavy atom. The average molecular weight is 456 g/mol. The number of hydrogen-bond donors (Lipinski definition) is 3. The summed E-state index contributed by atoms with van der Waals surface area (Å²) in [7, 11) is 1.85. The number of hydrogen-bond acceptors (Lipinski definition) is 8. The first-order valence-electron chi connectivity index (χ1n) is 9.85. The van der Waals surface area contributed by atoms with Crippen LogP contribution in [-0.2, 0) is 7.05 Å². The molecule has 0 bridgehead atoms. The quantitative estimate of drug-likeness (QED) is 0.427. The molecule has 1 amide bonds. The van der Waals surface area contributed by atoms with Gasteiger partial charge in [-0.25, -0.2) is 9.97 Å². The first-order valence-corrected chi connectivity index (χ1v) is 9.85. The number of benzene rings is 1. The Labute approximate surface area is 189 Å². The van der Waals surface area contributed by atoms with E-state index in [1.54, 1.807) is 23.0 Å². The molecule has 1 aromatic carbocycles. The van der Waals surface area contributed by atoms with Gasteiger partial charge < -0.3 is 25.5 Å². The van der Waals surface area contributed by atoms with Crippen LogP contribution in [0.5, 0.6) is 0 Å². The SMILES string of the molecule is Cl.Cn1cc2cc(NC(=O)c3coc(-c4ccnc(N)c4)n3)c(N3CCC(O)C3)cc2n1. The Kier molecular flexibility index (Phi) is 5.72. The van der Waals surface area contributed by atoms with Crippen LogP contribution in [0.2, 0.25) is 0 Å². The van der Waals surface area contributed by atoms with Crippen molar-refractivity contribution in [2.75, 3.05) is 29.0 Å². The predicted molar refractivity (Wildman–Crippen MR) is 123 cm³/mol. The number of anilines is 3. The van der Waals surface area contributed by atoms with Crippen LogP contribution < -0.4 is 16.0 Å². The van der Waals surface area contributed by atoms with E-state index in [0.29, 0.717) is 36.6 Å². The van der Waals surface area contributed by atoms with E-state index in [0.717, 1.165) is 16.6 Å². The second kappa shape index (κ2) is 8.48. The number of aliphatic hydroxyl groups is 1. The van der Waals surface area contributed by atoms with Crippen molar-refractivity contribution in [1.29, 1.82) is 0 Å². The number of carbonyl (C=O) groups is 1. The van der Waals surface area contributed by atoms with Gasteiger partial charge in [0.25, 0.3) is 5.91 Å². The number of nitrogen functional groups attached to an aromatic ring is 1. The summed E-state index contributed by atoms with van der Waals surface area (Å²) in [5.74, 6) is 0.218. The minimum absolute atomic E-state index is 0. The van der Waals surface area contributed by atoms with Gasteiger partial charge in [-0.3, -0.25) is 9.48 Å². The number of rotatable bonds is 4. The lowest BCUT2D eigenvalue weighted by molar-refractivity contribution is 0.102. The number of pyridine rings is 1. The van der Waals surface area contributed by atoms with Crippen molar-refractivity contribution in [3.8, 4) is 11.5 Å². The zero-order valence-electron chi connectivity index (χ0n) is 17.2. The van der Waals surface area contributed by atoms with Crippen LogP contribution in [0.25, 0.3) is 22.4 Å². The van der Waals surface area contributed by atoms with Crippen molar-refractivity contribution in [2.24, 2.45) is 7.05 Å². The van der Waals surface area contributed by atoms with Crippen LogP contribution in [-0.4, -0.2) is 50.0 Å². The summed E-state index contributed by atoms with van der Waals surface area (Å²) in [6.07, 6.45) is 5.02. The van der Waals surface area contributed by atoms with E-state index in [1.165, 1.54) is 6.26 Å². The van der Waals surface area contributed by atoms with E-state index in [9.17, 15) is 9.90 Å². The maximum Gasteiger partial charge on any atom is 0.277 e. The topological polar surface area (TPSA) is 135 Å². The molecule has 1 atom stereocenters. The van der Waals surface area contributed by atoms with Gasteiger partial charge in [-0.1, -0.05) is 0 Å². The molecule has 0 aliphatic carbocycles. The van der Waals surface area contributed by atoms with Crippen molar-refractivity contribution in [3.63, 3.8) is 0 Å². The fourth-order valence-electron chi connectivity index (χ4n) is 3.78. The summed E-state index contributed by atoms with van der Waals surface area (Å²) in [5.41, 5.74) is 8.73. The third-order valence-electron chi connectivity index (χ3n) is 5.25. The van der Waals surface area contributed by atoms with Gasteiger partial charge in [-0.2, -0.15) is 5.10 Å². The summed E-state index contributed by atoms with van der Waals surface area (Å²) in [6, 6.07) is 7.14. The molecule has 1 aliphatic rings. The van der Waals surface area contributed by atoms with Crippen molar-refractivity contribution in [3.05, 3.63) is 48.6 Å². The Morgan fingerprint density at radius 3 is 2.94 bits per heavy atom. The highest BCUT2D eigenvalue weighted by atomic mass is 35.5. The normalized spacial score (nSPS) is 15.7. The number of β-amino-alcohol motifs (C(OH)–C–C–N with tert-alkyl or cyclic N) is 1. The lowest BCUT2D eigenvalue weighted by Crippen LogP contribution is -2.23. The van der Waals surface area contributed by atoms with Crippen molar-refractivity contribution >= 4 is 46.4 Å². The second-order valence-electron chi connectivity index (χ2n) is 7.58. The number of aromatic nitrogens is 4. The molecule has 1 unspecified atom stereocenters. The average Bonchev–Trinajstić information content (AvgIpc) is 3.46. The summed E-state index contributed by atoms with van der Waals surface area (Å²) >= 11 is 0. The molecule has 32 heavy (non-hydrogen) atoms. The van der Waals surface area contributed by atoms with Crippen LogP contribution in [0.1, 0.15) is 16.9 Å². The number of nitrogens with two attached hydrogens (primary N) is 1. The lowest BCUT2D eigenvalue weighted by Gasteiger charge is -2.21. The molecule has 4 N–H and O–H groups in total. The van der Waals surface area contributed by atoms with E-state index in [1.807, 2.05) is 30.3 Å². The summed E-state index contributed by atoms with van der Waals surface area (Å²) < 4.78 is 7.20. The maximum absolute atomic E-state index is 12.9. The molecule has 11 heteroatoms. The zero-order valence-corrected chi connectivity index (χ0v) is 18.0. The highest BCUT2D eigenvalue weighted by Gasteiger charge is 2.25. The van der Waals surface area contributed by atoms with Crippen LogP contribution in [0, 0.1) is 0 Å². The molecule has 10 nitrogen and oxygen atoms in total. The maximum atomic E-state index is 12.9. The van der Waals surface area contributed by atoms with E-state index in [2.05, 4.69) is 20.4 Å². The molecule has 4 heterocycles. The van der Waals surface area contributed by atoms with Crippen molar-refractivity contribution in [2.45, 2.75) is 12.5 Å². The zero-order chi connectivity index (χ0) is 21.5. The number of aliphatic hydroxyl groups excluding tert-OH is 1. The largest absolute Gasteiger partial charge is 0.444 e. The summed E-state index contributed by atoms with van der Waals surface area (Å²) in [6.45, 7) is 1.19. The number of aryl methyl sites for hydroxylation is 1. The van der Waals surface area contributed by atoms with Gasteiger partial charge in [0.1, 0.15) is 12.1 Å². The smallest absolute Gasteiger partial charge is 0.277 e. The minimum Gasteiger partial charge on any atom is -0.444 e. The fourth-order valence-corrected chi connectivity index (χ4v) is 3.78. The van der Waals surface area contributed by atoms with Gasteiger partial charge in [0.2, 0.25) is 5.89 Å². The molecule has 0 saturated carbocycles. The van der Waals surface area contributed by atoms with Gasteiger partial charge in [-0.05, 0) is 30.7 Å². The molecule has 4 aromatic rings. The van der Waals surface area contributed by atoms with Crippen molar-refractivity contribution in [1.82, 2.24) is 19.7 Å². The fraction of sp³-hybridized carbons (Fsp3) is 0.238. The molecule has 166 valence electrons. The Morgan fingerprint density at radius 2 is 2.19 bits per heavy atom. The summed E-state index contributed by atoms with van der Waals surface area (Å²) in [5, 5.41) is 18.3. The highest BCUT2D eigenvalue weighted by molar-refractivity contribution is 6.06. The van der Waals surface area contributed by atoms with Crippen molar-refractivity contribution < 1.29 is 14.3 Å². The third kappa shape index (κ3) is 4.10. The monoisotopic (exact) mass is 455 g/mol. The van der Waals surface area contributed by atoms with E-state index < -0.39 is 12.0 Å². The number of oxazole rings is 1. The third-order valence-corrected chi connectivity index (χ3v) is 5.25. The number of carbonyl (C=O) groups excluding carboxylic acids is 1. The van der Waals surface area contributed by atoms with Gasteiger partial charge >= 0.3 is 0 Å². The number of fused-ring (bicyclic) bond motifs is 1. The standard InChI is InChI=1S/C21H21N7O3.ClH/c1-27-9-13-6-16(18(8-15(13)26-27)28-5-3-14(29)10-28)24-20(30)17-11-31-21(25-17)12-2-4-23-19(22)7-12;/h2,4,6-9,11,14,29H,3,5,10H2,1H3,(H2,22,23)(H,24,30);1H. The number of nitrogens with zero attached hydrogens (tertiary/aromatic N) is 5.